The molecule has 1 amide bonds. The number of nitrogens with one attached hydrogen (secondary N) is 1. The molecule has 2 fully saturated rings. The Morgan fingerprint density at radius 2 is 2.17 bits per heavy atom. The van der Waals surface area contributed by atoms with Gasteiger partial charge in [0.2, 0.25) is 5.91 Å². The van der Waals surface area contributed by atoms with E-state index in [2.05, 4.69) is 17.4 Å². The van der Waals surface area contributed by atoms with Crippen molar-refractivity contribution in [2.45, 2.75) is 18.6 Å². The fraction of sp³-hybridized carbons (Fsp3) is 0.500. The fourth-order valence-electron chi connectivity index (χ4n) is 2.71. The molecule has 0 saturated carbocycles. The van der Waals surface area contributed by atoms with Crippen LogP contribution in [0.1, 0.15) is 12.0 Å². The van der Waals surface area contributed by atoms with E-state index in [1.54, 1.807) is 0 Å². The smallest absolute Gasteiger partial charge is 0.249 e. The van der Waals surface area contributed by atoms with Crippen molar-refractivity contribution in [2.24, 2.45) is 0 Å². The minimum atomic E-state index is -0.150. The minimum absolute atomic E-state index is 0.0939. The lowest BCUT2D eigenvalue weighted by molar-refractivity contribution is -0.161. The van der Waals surface area contributed by atoms with Gasteiger partial charge in [-0.1, -0.05) is 30.3 Å². The first kappa shape index (κ1) is 11.7. The largest absolute Gasteiger partial charge is 0.362 e. The lowest BCUT2D eigenvalue weighted by atomic mass is 10.00. The number of ether oxygens (including phenoxy) is 1. The molecule has 1 atom stereocenters. The van der Waals surface area contributed by atoms with Crippen LogP contribution in [0.2, 0.25) is 0 Å². The maximum Gasteiger partial charge on any atom is 0.249 e. The third-order valence-corrected chi connectivity index (χ3v) is 3.75. The highest BCUT2D eigenvalue weighted by Gasteiger charge is 2.41. The monoisotopic (exact) mass is 246 g/mol. The predicted octanol–water partition coefficient (Wildman–Crippen LogP) is 0.778. The standard InChI is InChI=1S/C14H18N2O2/c17-13-9-18-14(6-7-15-10-14)11-16(13)8-12-4-2-1-3-5-12/h1-5,15H,6-11H2. The molecule has 2 aliphatic heterocycles. The molecule has 4 heteroatoms. The van der Waals surface area contributed by atoms with Crippen LogP contribution in [0.15, 0.2) is 30.3 Å². The summed E-state index contributed by atoms with van der Waals surface area (Å²) in [6.07, 6.45) is 0.992. The van der Waals surface area contributed by atoms with Gasteiger partial charge in [-0.3, -0.25) is 4.79 Å². The zero-order chi connectivity index (χ0) is 12.4. The molecule has 0 radical (unpaired) electrons. The first-order valence-electron chi connectivity index (χ1n) is 6.44. The van der Waals surface area contributed by atoms with Gasteiger partial charge >= 0.3 is 0 Å². The molecule has 1 aromatic carbocycles. The van der Waals surface area contributed by atoms with Crippen molar-refractivity contribution in [2.75, 3.05) is 26.2 Å². The number of benzene rings is 1. The van der Waals surface area contributed by atoms with Gasteiger partial charge in [-0.15, -0.1) is 0 Å². The van der Waals surface area contributed by atoms with E-state index in [9.17, 15) is 4.79 Å². The van der Waals surface area contributed by atoms with Gasteiger partial charge in [0.25, 0.3) is 0 Å². The van der Waals surface area contributed by atoms with E-state index in [-0.39, 0.29) is 18.1 Å². The Kier molecular flexibility index (Phi) is 3.06. The van der Waals surface area contributed by atoms with Crippen molar-refractivity contribution >= 4 is 5.91 Å². The topological polar surface area (TPSA) is 41.6 Å². The summed E-state index contributed by atoms with van der Waals surface area (Å²) in [5, 5.41) is 3.32. The molecular weight excluding hydrogens is 228 g/mol. The van der Waals surface area contributed by atoms with Crippen LogP contribution in [-0.2, 0) is 16.1 Å². The number of nitrogens with zero attached hydrogens (tertiary/aromatic N) is 1. The first-order chi connectivity index (χ1) is 8.77. The van der Waals surface area contributed by atoms with Crippen molar-refractivity contribution in [3.63, 3.8) is 0 Å². The summed E-state index contributed by atoms with van der Waals surface area (Å²) in [5.74, 6) is 0.0939. The lowest BCUT2D eigenvalue weighted by Gasteiger charge is -2.39. The molecule has 96 valence electrons. The number of hydrogen-bond donors (Lipinski definition) is 1. The SMILES string of the molecule is O=C1COC2(CCNC2)CN1Cc1ccccc1. The van der Waals surface area contributed by atoms with Crippen molar-refractivity contribution in [3.8, 4) is 0 Å². The molecule has 2 saturated heterocycles. The molecule has 0 aliphatic carbocycles. The van der Waals surface area contributed by atoms with Gasteiger partial charge in [-0.25, -0.2) is 0 Å². The van der Waals surface area contributed by atoms with Crippen LogP contribution in [0.25, 0.3) is 0 Å². The van der Waals surface area contributed by atoms with Crippen molar-refractivity contribution in [3.05, 3.63) is 35.9 Å². The summed E-state index contributed by atoms with van der Waals surface area (Å²) in [6.45, 7) is 3.44. The molecule has 1 N–H and O–H groups in total. The van der Waals surface area contributed by atoms with E-state index in [0.717, 1.165) is 19.5 Å². The van der Waals surface area contributed by atoms with Crippen LogP contribution in [0.4, 0.5) is 0 Å². The van der Waals surface area contributed by atoms with Gasteiger partial charge in [0.05, 0.1) is 12.1 Å². The maximum absolute atomic E-state index is 11.9. The molecule has 1 spiro atoms. The molecule has 1 aromatic rings. The zero-order valence-corrected chi connectivity index (χ0v) is 10.4. The normalized spacial score (nSPS) is 28.0. The van der Waals surface area contributed by atoms with E-state index in [0.29, 0.717) is 13.1 Å². The Labute approximate surface area is 107 Å². The number of carbonyl (C=O) groups excluding carboxylic acids is 1. The third-order valence-electron chi connectivity index (χ3n) is 3.75. The molecular formula is C14H18N2O2. The number of carbonyl (C=O) groups is 1. The van der Waals surface area contributed by atoms with Gasteiger partial charge in [-0.2, -0.15) is 0 Å². The Morgan fingerprint density at radius 3 is 2.89 bits per heavy atom. The average Bonchev–Trinajstić information content (AvgIpc) is 2.84. The lowest BCUT2D eigenvalue weighted by Crippen LogP contribution is -2.55. The average molecular weight is 246 g/mol. The summed E-state index contributed by atoms with van der Waals surface area (Å²) in [4.78, 5) is 13.8. The molecule has 2 aliphatic rings. The van der Waals surface area contributed by atoms with Crippen LogP contribution in [0.3, 0.4) is 0 Å². The second kappa shape index (κ2) is 4.71. The van der Waals surface area contributed by atoms with E-state index in [1.807, 2.05) is 23.1 Å². The van der Waals surface area contributed by atoms with Crippen LogP contribution in [0.5, 0.6) is 0 Å². The fourth-order valence-corrected chi connectivity index (χ4v) is 2.71. The van der Waals surface area contributed by atoms with Gasteiger partial charge in [0.15, 0.2) is 0 Å². The maximum atomic E-state index is 11.9. The van der Waals surface area contributed by atoms with Crippen LogP contribution >= 0.6 is 0 Å². The molecule has 4 nitrogen and oxygen atoms in total. The highest BCUT2D eigenvalue weighted by atomic mass is 16.5. The predicted molar refractivity (Wildman–Crippen MR) is 68.0 cm³/mol. The van der Waals surface area contributed by atoms with E-state index >= 15 is 0 Å². The van der Waals surface area contributed by atoms with Crippen molar-refractivity contribution in [1.82, 2.24) is 10.2 Å². The quantitative estimate of drug-likeness (QED) is 0.838. The number of morpholine rings is 1. The van der Waals surface area contributed by atoms with Crippen LogP contribution < -0.4 is 5.32 Å². The molecule has 1 unspecified atom stereocenters. The summed E-state index contributed by atoms with van der Waals surface area (Å²) in [7, 11) is 0. The molecule has 18 heavy (non-hydrogen) atoms. The second-order valence-corrected chi connectivity index (χ2v) is 5.13. The zero-order valence-electron chi connectivity index (χ0n) is 10.4. The van der Waals surface area contributed by atoms with Crippen molar-refractivity contribution < 1.29 is 9.53 Å². The van der Waals surface area contributed by atoms with E-state index < -0.39 is 0 Å². The van der Waals surface area contributed by atoms with E-state index in [4.69, 9.17) is 4.74 Å². The Hall–Kier alpha value is -1.39. The molecule has 0 aromatic heterocycles. The van der Waals surface area contributed by atoms with Crippen molar-refractivity contribution in [1.29, 1.82) is 0 Å². The number of amides is 1. The molecule has 3 rings (SSSR count). The molecule has 2 heterocycles. The Balaban J connectivity index is 1.72. The van der Waals surface area contributed by atoms with Gasteiger partial charge in [0, 0.05) is 13.1 Å². The van der Waals surface area contributed by atoms with Crippen LogP contribution in [0, 0.1) is 0 Å². The van der Waals surface area contributed by atoms with Gasteiger partial charge in [0.1, 0.15) is 6.61 Å². The highest BCUT2D eigenvalue weighted by Crippen LogP contribution is 2.26. The van der Waals surface area contributed by atoms with Gasteiger partial charge in [-0.05, 0) is 18.5 Å². The summed E-state index contributed by atoms with van der Waals surface area (Å²) >= 11 is 0. The highest BCUT2D eigenvalue weighted by molar-refractivity contribution is 5.78. The summed E-state index contributed by atoms with van der Waals surface area (Å²) < 4.78 is 5.75. The minimum Gasteiger partial charge on any atom is -0.362 e. The number of hydrogen-bond acceptors (Lipinski definition) is 3. The van der Waals surface area contributed by atoms with Gasteiger partial charge < -0.3 is 15.0 Å². The third kappa shape index (κ3) is 2.26. The number of rotatable bonds is 2. The molecule has 0 bridgehead atoms. The van der Waals surface area contributed by atoms with E-state index in [1.165, 1.54) is 5.56 Å². The Morgan fingerprint density at radius 1 is 1.33 bits per heavy atom. The second-order valence-electron chi connectivity index (χ2n) is 5.13. The van der Waals surface area contributed by atoms with Crippen LogP contribution in [-0.4, -0.2) is 42.6 Å². The first-order valence-corrected chi connectivity index (χ1v) is 6.44. The summed E-state index contributed by atoms with van der Waals surface area (Å²) in [6, 6.07) is 10.1. The summed E-state index contributed by atoms with van der Waals surface area (Å²) in [5.41, 5.74) is 1.02. The Bertz CT molecular complexity index is 427.